The number of halogens is 2. The first-order chi connectivity index (χ1) is 5.99. The molecule has 0 aliphatic carbocycles. The maximum Gasteiger partial charge on any atom is 0.261 e. The molecule has 0 bridgehead atoms. The number of nitrogens with zero attached hydrogens (tertiary/aromatic N) is 1. The molecule has 2 aliphatic heterocycles. The number of hydrogen-bond donors (Lipinski definition) is 1. The first kappa shape index (κ1) is 9.34. The van der Waals surface area contributed by atoms with E-state index >= 15 is 0 Å². The first-order valence-electron chi connectivity index (χ1n) is 4.80. The van der Waals surface area contributed by atoms with E-state index in [2.05, 4.69) is 12.2 Å². The lowest BCUT2D eigenvalue weighted by Crippen LogP contribution is -2.56. The van der Waals surface area contributed by atoms with Gasteiger partial charge in [0.2, 0.25) is 0 Å². The summed E-state index contributed by atoms with van der Waals surface area (Å²) in [7, 11) is 0. The maximum atomic E-state index is 12.8. The minimum Gasteiger partial charge on any atom is -0.315 e. The normalized spacial score (nSPS) is 31.6. The summed E-state index contributed by atoms with van der Waals surface area (Å²) in [5, 5.41) is 3.18. The van der Waals surface area contributed by atoms with Crippen LogP contribution in [0.15, 0.2) is 0 Å². The van der Waals surface area contributed by atoms with Crippen molar-refractivity contribution in [3.05, 3.63) is 0 Å². The SMILES string of the molecule is CC1(CN2CCC(F)(F)C2)CNC1. The molecular weight excluding hydrogens is 174 g/mol. The van der Waals surface area contributed by atoms with Crippen LogP contribution in [0.2, 0.25) is 0 Å². The zero-order chi connectivity index (χ0) is 9.53. The Bertz CT molecular complexity index is 202. The van der Waals surface area contributed by atoms with Gasteiger partial charge in [0.05, 0.1) is 6.54 Å². The van der Waals surface area contributed by atoms with Gasteiger partial charge < -0.3 is 5.32 Å². The largest absolute Gasteiger partial charge is 0.315 e. The molecule has 4 heteroatoms. The van der Waals surface area contributed by atoms with E-state index in [1.807, 2.05) is 4.90 Å². The van der Waals surface area contributed by atoms with Gasteiger partial charge in [-0.05, 0) is 0 Å². The first-order valence-corrected chi connectivity index (χ1v) is 4.80. The zero-order valence-corrected chi connectivity index (χ0v) is 7.95. The Morgan fingerprint density at radius 3 is 2.46 bits per heavy atom. The van der Waals surface area contributed by atoms with E-state index in [-0.39, 0.29) is 18.4 Å². The van der Waals surface area contributed by atoms with Crippen LogP contribution >= 0.6 is 0 Å². The van der Waals surface area contributed by atoms with Gasteiger partial charge in [-0.3, -0.25) is 4.90 Å². The Hall–Kier alpha value is -0.220. The van der Waals surface area contributed by atoms with Crippen molar-refractivity contribution >= 4 is 0 Å². The van der Waals surface area contributed by atoms with Gasteiger partial charge in [-0.1, -0.05) is 6.92 Å². The van der Waals surface area contributed by atoms with E-state index < -0.39 is 5.92 Å². The van der Waals surface area contributed by atoms with Crippen molar-refractivity contribution in [2.75, 3.05) is 32.7 Å². The molecule has 0 aromatic rings. The van der Waals surface area contributed by atoms with Gasteiger partial charge in [0.25, 0.3) is 5.92 Å². The molecule has 2 fully saturated rings. The monoisotopic (exact) mass is 190 g/mol. The molecule has 2 nitrogen and oxygen atoms in total. The van der Waals surface area contributed by atoms with Crippen molar-refractivity contribution in [3.8, 4) is 0 Å². The minimum absolute atomic E-state index is 0.0382. The van der Waals surface area contributed by atoms with Gasteiger partial charge in [-0.2, -0.15) is 0 Å². The standard InChI is InChI=1S/C9H16F2N2/c1-8(4-12-5-8)6-13-3-2-9(10,11)7-13/h12H,2-7H2,1H3. The number of nitrogens with one attached hydrogen (secondary N) is 1. The van der Waals surface area contributed by atoms with Crippen molar-refractivity contribution in [3.63, 3.8) is 0 Å². The van der Waals surface area contributed by atoms with Crippen molar-refractivity contribution in [1.29, 1.82) is 0 Å². The van der Waals surface area contributed by atoms with Gasteiger partial charge >= 0.3 is 0 Å². The highest BCUT2D eigenvalue weighted by atomic mass is 19.3. The van der Waals surface area contributed by atoms with Gasteiger partial charge in [0.1, 0.15) is 0 Å². The summed E-state index contributed by atoms with van der Waals surface area (Å²) in [5.74, 6) is -2.44. The molecule has 0 spiro atoms. The Morgan fingerprint density at radius 2 is 2.08 bits per heavy atom. The fourth-order valence-electron chi connectivity index (χ4n) is 2.15. The molecule has 0 saturated carbocycles. The van der Waals surface area contributed by atoms with E-state index in [1.165, 1.54) is 0 Å². The van der Waals surface area contributed by atoms with Crippen molar-refractivity contribution in [1.82, 2.24) is 10.2 Å². The van der Waals surface area contributed by atoms with Gasteiger partial charge in [-0.15, -0.1) is 0 Å². The molecule has 0 amide bonds. The lowest BCUT2D eigenvalue weighted by molar-refractivity contribution is 0.00563. The lowest BCUT2D eigenvalue weighted by Gasteiger charge is -2.42. The average molecular weight is 190 g/mol. The van der Waals surface area contributed by atoms with Crippen molar-refractivity contribution < 1.29 is 8.78 Å². The van der Waals surface area contributed by atoms with Crippen LogP contribution in [0, 0.1) is 5.41 Å². The van der Waals surface area contributed by atoms with Gasteiger partial charge in [0.15, 0.2) is 0 Å². The molecule has 0 radical (unpaired) electrons. The predicted octanol–water partition coefficient (Wildman–Crippen LogP) is 0.937. The van der Waals surface area contributed by atoms with Gasteiger partial charge in [-0.25, -0.2) is 8.78 Å². The topological polar surface area (TPSA) is 15.3 Å². The third-order valence-electron chi connectivity index (χ3n) is 2.96. The predicted molar refractivity (Wildman–Crippen MR) is 47.0 cm³/mol. The molecule has 0 atom stereocenters. The van der Waals surface area contributed by atoms with E-state index in [0.717, 1.165) is 19.6 Å². The van der Waals surface area contributed by atoms with Crippen LogP contribution in [0.25, 0.3) is 0 Å². The molecule has 13 heavy (non-hydrogen) atoms. The molecule has 0 unspecified atom stereocenters. The third kappa shape index (κ3) is 1.99. The highest BCUT2D eigenvalue weighted by Crippen LogP contribution is 2.30. The minimum atomic E-state index is -2.44. The number of likely N-dealkylation sites (tertiary alicyclic amines) is 1. The Labute approximate surface area is 77.3 Å². The Morgan fingerprint density at radius 1 is 1.38 bits per heavy atom. The molecular formula is C9H16F2N2. The van der Waals surface area contributed by atoms with Crippen LogP contribution in [0.3, 0.4) is 0 Å². The van der Waals surface area contributed by atoms with E-state index in [9.17, 15) is 8.78 Å². The van der Waals surface area contributed by atoms with E-state index in [0.29, 0.717) is 6.54 Å². The van der Waals surface area contributed by atoms with E-state index in [1.54, 1.807) is 0 Å². The maximum absolute atomic E-state index is 12.8. The quantitative estimate of drug-likeness (QED) is 0.697. The Balaban J connectivity index is 1.83. The smallest absolute Gasteiger partial charge is 0.261 e. The molecule has 2 heterocycles. The van der Waals surface area contributed by atoms with Crippen molar-refractivity contribution in [2.24, 2.45) is 5.41 Å². The molecule has 76 valence electrons. The second kappa shape index (κ2) is 2.89. The van der Waals surface area contributed by atoms with Crippen LogP contribution < -0.4 is 5.32 Å². The summed E-state index contributed by atoms with van der Waals surface area (Å²) < 4.78 is 25.7. The molecule has 2 saturated heterocycles. The highest BCUT2D eigenvalue weighted by molar-refractivity contribution is 4.93. The van der Waals surface area contributed by atoms with E-state index in [4.69, 9.17) is 0 Å². The second-order valence-corrected chi connectivity index (χ2v) is 4.73. The van der Waals surface area contributed by atoms with Crippen LogP contribution in [0.1, 0.15) is 13.3 Å². The summed E-state index contributed by atoms with van der Waals surface area (Å²) in [6.07, 6.45) is 0.0382. The van der Waals surface area contributed by atoms with Crippen LogP contribution in [0.4, 0.5) is 8.78 Å². The Kier molecular flexibility index (Phi) is 2.07. The lowest BCUT2D eigenvalue weighted by atomic mass is 9.84. The summed E-state index contributed by atoms with van der Waals surface area (Å²) in [5.41, 5.74) is 0.237. The number of hydrogen-bond acceptors (Lipinski definition) is 2. The molecule has 2 rings (SSSR count). The molecule has 2 aliphatic rings. The average Bonchev–Trinajstić information content (AvgIpc) is 2.27. The fourth-order valence-corrected chi connectivity index (χ4v) is 2.15. The molecule has 1 N–H and O–H groups in total. The van der Waals surface area contributed by atoms with Crippen LogP contribution in [-0.4, -0.2) is 43.5 Å². The number of rotatable bonds is 2. The fraction of sp³-hybridized carbons (Fsp3) is 1.00. The van der Waals surface area contributed by atoms with Crippen LogP contribution in [-0.2, 0) is 0 Å². The van der Waals surface area contributed by atoms with Crippen LogP contribution in [0.5, 0.6) is 0 Å². The summed E-state index contributed by atoms with van der Waals surface area (Å²) >= 11 is 0. The molecule has 0 aromatic carbocycles. The zero-order valence-electron chi connectivity index (χ0n) is 7.95. The van der Waals surface area contributed by atoms with Gasteiger partial charge in [0, 0.05) is 38.0 Å². The third-order valence-corrected chi connectivity index (χ3v) is 2.96. The summed E-state index contributed by atoms with van der Waals surface area (Å²) in [6, 6.07) is 0. The molecule has 0 aromatic heterocycles. The summed E-state index contributed by atoms with van der Waals surface area (Å²) in [6.45, 7) is 5.42. The summed E-state index contributed by atoms with van der Waals surface area (Å²) in [4.78, 5) is 1.89. The van der Waals surface area contributed by atoms with Crippen molar-refractivity contribution in [2.45, 2.75) is 19.3 Å². The highest BCUT2D eigenvalue weighted by Gasteiger charge is 2.42. The second-order valence-electron chi connectivity index (χ2n) is 4.73. The number of alkyl halides is 2.